The molecule has 2 N–H and O–H groups in total. The maximum absolute atomic E-state index is 12.1. The van der Waals surface area contributed by atoms with Gasteiger partial charge in [0, 0.05) is 12.4 Å². The van der Waals surface area contributed by atoms with Crippen LogP contribution < -0.4 is 5.32 Å². The van der Waals surface area contributed by atoms with E-state index in [0.717, 1.165) is 0 Å². The summed E-state index contributed by atoms with van der Waals surface area (Å²) < 4.78 is 32.1. The molecule has 3 atom stereocenters. The molecule has 0 aliphatic rings. The highest BCUT2D eigenvalue weighted by Crippen LogP contribution is 2.48. The van der Waals surface area contributed by atoms with Crippen LogP contribution >= 0.6 is 23.8 Å². The maximum atomic E-state index is 12.1. The van der Waals surface area contributed by atoms with Crippen molar-refractivity contribution >= 4 is 29.8 Å². The van der Waals surface area contributed by atoms with Gasteiger partial charge in [0.2, 0.25) is 0 Å². The van der Waals surface area contributed by atoms with Crippen LogP contribution in [0.2, 0.25) is 0 Å². The van der Waals surface area contributed by atoms with Gasteiger partial charge in [0.1, 0.15) is 5.60 Å². The first-order valence-corrected chi connectivity index (χ1v) is 9.46. The lowest BCUT2D eigenvalue weighted by atomic mass is 10.2. The molecule has 0 rings (SSSR count). The van der Waals surface area contributed by atoms with Crippen molar-refractivity contribution in [2.75, 3.05) is 25.7 Å². The first-order chi connectivity index (χ1) is 10.6. The fourth-order valence-corrected chi connectivity index (χ4v) is 2.66. The molecule has 10 heteroatoms. The van der Waals surface area contributed by atoms with E-state index in [1.807, 2.05) is 0 Å². The SMILES string of the molecule is C=C[C@@H](O)[C@H](COP(=O)(OC)OCCBr)NC(=O)OC(C)(C)C. The average Bonchev–Trinajstić information content (AvgIpc) is 2.46. The number of halogens is 1. The molecule has 0 saturated heterocycles. The Morgan fingerprint density at radius 1 is 1.43 bits per heavy atom. The number of phosphoric acid groups is 1. The van der Waals surface area contributed by atoms with Gasteiger partial charge in [0.25, 0.3) is 0 Å². The van der Waals surface area contributed by atoms with E-state index in [9.17, 15) is 14.5 Å². The number of aliphatic hydroxyl groups is 1. The Labute approximate surface area is 145 Å². The predicted molar refractivity (Wildman–Crippen MR) is 89.7 cm³/mol. The topological polar surface area (TPSA) is 103 Å². The van der Waals surface area contributed by atoms with Crippen LogP contribution in [0.15, 0.2) is 12.7 Å². The molecule has 8 nitrogen and oxygen atoms in total. The van der Waals surface area contributed by atoms with E-state index in [-0.39, 0.29) is 13.2 Å². The molecule has 0 aromatic rings. The second-order valence-corrected chi connectivity index (χ2v) is 8.00. The van der Waals surface area contributed by atoms with Crippen molar-refractivity contribution in [2.24, 2.45) is 0 Å². The van der Waals surface area contributed by atoms with Crippen LogP contribution in [0.4, 0.5) is 4.79 Å². The number of rotatable bonds is 10. The normalized spacial score (nSPS) is 17.0. The van der Waals surface area contributed by atoms with Crippen molar-refractivity contribution in [3.8, 4) is 0 Å². The molecule has 0 saturated carbocycles. The number of ether oxygens (including phenoxy) is 1. The molecule has 0 bridgehead atoms. The van der Waals surface area contributed by atoms with Gasteiger partial charge in [-0.05, 0) is 20.8 Å². The van der Waals surface area contributed by atoms with E-state index < -0.39 is 31.7 Å². The summed E-state index contributed by atoms with van der Waals surface area (Å²) >= 11 is 3.12. The summed E-state index contributed by atoms with van der Waals surface area (Å²) in [5, 5.41) is 12.7. The van der Waals surface area contributed by atoms with Crippen molar-refractivity contribution in [3.63, 3.8) is 0 Å². The molecule has 0 radical (unpaired) electrons. The lowest BCUT2D eigenvalue weighted by Crippen LogP contribution is -2.47. The standard InChI is InChI=1S/C13H25BrNO7P/c1-6-11(16)10(15-12(17)22-13(2,3)4)9-21-23(18,19-5)20-8-7-14/h6,10-11,16H,1,7-9H2,2-5H3,(H,15,17)/t10-,11+,23?/m0/s1. The molecule has 0 fully saturated rings. The van der Waals surface area contributed by atoms with Crippen LogP contribution in [0.25, 0.3) is 0 Å². The number of hydrogen-bond donors (Lipinski definition) is 2. The zero-order chi connectivity index (χ0) is 18.1. The third-order valence-electron chi connectivity index (χ3n) is 2.32. The van der Waals surface area contributed by atoms with Gasteiger partial charge >= 0.3 is 13.9 Å². The highest BCUT2D eigenvalue weighted by Gasteiger charge is 2.30. The van der Waals surface area contributed by atoms with Gasteiger partial charge in [-0.1, -0.05) is 22.0 Å². The number of phosphoric ester groups is 1. The smallest absolute Gasteiger partial charge is 0.444 e. The van der Waals surface area contributed by atoms with Crippen molar-refractivity contribution < 1.29 is 32.8 Å². The van der Waals surface area contributed by atoms with E-state index >= 15 is 0 Å². The second kappa shape index (κ2) is 10.4. The quantitative estimate of drug-likeness (QED) is 0.319. The maximum Gasteiger partial charge on any atom is 0.474 e. The Balaban J connectivity index is 4.77. The van der Waals surface area contributed by atoms with E-state index in [0.29, 0.717) is 5.33 Å². The zero-order valence-electron chi connectivity index (χ0n) is 13.8. The van der Waals surface area contributed by atoms with Gasteiger partial charge in [-0.25, -0.2) is 9.36 Å². The van der Waals surface area contributed by atoms with Gasteiger partial charge in [-0.2, -0.15) is 0 Å². The summed E-state index contributed by atoms with van der Waals surface area (Å²) in [5.41, 5.74) is -0.699. The fourth-order valence-electron chi connectivity index (χ4n) is 1.31. The largest absolute Gasteiger partial charge is 0.474 e. The molecule has 0 aromatic heterocycles. The third kappa shape index (κ3) is 10.1. The fraction of sp³-hybridized carbons (Fsp3) is 0.769. The molecule has 0 aromatic carbocycles. The van der Waals surface area contributed by atoms with Crippen LogP contribution in [0.1, 0.15) is 20.8 Å². The van der Waals surface area contributed by atoms with Gasteiger partial charge in [0.05, 0.1) is 25.4 Å². The highest BCUT2D eigenvalue weighted by atomic mass is 79.9. The molecule has 0 aliphatic carbocycles. The Bertz CT molecular complexity index is 427. The molecule has 0 aliphatic heterocycles. The number of carbonyl (C=O) groups is 1. The number of hydrogen-bond acceptors (Lipinski definition) is 7. The number of carbonyl (C=O) groups excluding carboxylic acids is 1. The summed E-state index contributed by atoms with van der Waals surface area (Å²) in [7, 11) is -2.60. The van der Waals surface area contributed by atoms with Crippen molar-refractivity contribution in [1.82, 2.24) is 5.32 Å². The van der Waals surface area contributed by atoms with Crippen molar-refractivity contribution in [1.29, 1.82) is 0 Å². The average molecular weight is 418 g/mol. The number of alkyl halides is 1. The lowest BCUT2D eigenvalue weighted by Gasteiger charge is -2.26. The van der Waals surface area contributed by atoms with Gasteiger partial charge in [0.15, 0.2) is 0 Å². The first-order valence-electron chi connectivity index (χ1n) is 6.88. The minimum Gasteiger partial charge on any atom is -0.444 e. The summed E-state index contributed by atoms with van der Waals surface area (Å²) in [5.74, 6) is 0. The van der Waals surface area contributed by atoms with Crippen LogP contribution in [-0.4, -0.2) is 54.6 Å². The molecule has 136 valence electrons. The van der Waals surface area contributed by atoms with E-state index in [2.05, 4.69) is 27.8 Å². The summed E-state index contributed by atoms with van der Waals surface area (Å²) in [4.78, 5) is 11.8. The molecule has 0 spiro atoms. The van der Waals surface area contributed by atoms with E-state index in [1.165, 1.54) is 13.2 Å². The van der Waals surface area contributed by atoms with Crippen LogP contribution in [-0.2, 0) is 22.9 Å². The van der Waals surface area contributed by atoms with Gasteiger partial charge < -0.3 is 15.2 Å². The number of alkyl carbamates (subject to hydrolysis) is 1. The molecule has 23 heavy (non-hydrogen) atoms. The number of amides is 1. The second-order valence-electron chi connectivity index (χ2n) is 5.43. The minimum absolute atomic E-state index is 0.110. The highest BCUT2D eigenvalue weighted by molar-refractivity contribution is 9.09. The lowest BCUT2D eigenvalue weighted by molar-refractivity contribution is 0.0385. The zero-order valence-corrected chi connectivity index (χ0v) is 16.3. The predicted octanol–water partition coefficient (Wildman–Crippen LogP) is 2.61. The Hall–Kier alpha value is -0.440. The monoisotopic (exact) mass is 417 g/mol. The van der Waals surface area contributed by atoms with Crippen LogP contribution in [0.3, 0.4) is 0 Å². The van der Waals surface area contributed by atoms with E-state index in [4.69, 9.17) is 18.3 Å². The molecule has 1 unspecified atom stereocenters. The molecule has 0 heterocycles. The first kappa shape index (κ1) is 22.6. The Morgan fingerprint density at radius 3 is 2.48 bits per heavy atom. The summed E-state index contributed by atoms with van der Waals surface area (Å²) in [6, 6.07) is -0.932. The van der Waals surface area contributed by atoms with E-state index in [1.54, 1.807) is 20.8 Å². The van der Waals surface area contributed by atoms with Gasteiger partial charge in [-0.3, -0.25) is 13.6 Å². The van der Waals surface area contributed by atoms with Crippen molar-refractivity contribution in [3.05, 3.63) is 12.7 Å². The van der Waals surface area contributed by atoms with Crippen LogP contribution in [0.5, 0.6) is 0 Å². The number of nitrogens with one attached hydrogen (secondary N) is 1. The molecule has 1 amide bonds. The summed E-state index contributed by atoms with van der Waals surface area (Å²) in [6.07, 6.45) is -0.674. The number of aliphatic hydroxyl groups excluding tert-OH is 1. The molecular weight excluding hydrogens is 393 g/mol. The van der Waals surface area contributed by atoms with Gasteiger partial charge in [-0.15, -0.1) is 6.58 Å². The minimum atomic E-state index is -3.77. The van der Waals surface area contributed by atoms with Crippen molar-refractivity contribution in [2.45, 2.75) is 38.5 Å². The van der Waals surface area contributed by atoms with Crippen LogP contribution in [0, 0.1) is 0 Å². The summed E-state index contributed by atoms with van der Waals surface area (Å²) in [6.45, 7) is 8.34. The Morgan fingerprint density at radius 2 is 2.04 bits per heavy atom. The molecular formula is C13H25BrNO7P. The Kier molecular flexibility index (Phi) is 10.2. The third-order valence-corrected chi connectivity index (χ3v) is 4.05.